The summed E-state index contributed by atoms with van der Waals surface area (Å²) in [7, 11) is 3.44. The Kier molecular flexibility index (Phi) is 15.2. The van der Waals surface area contributed by atoms with Crippen molar-refractivity contribution in [3.05, 3.63) is 66.2 Å². The smallest absolute Gasteiger partial charge is 0.237 e. The Morgan fingerprint density at radius 3 is 2.65 bits per heavy atom. The Hall–Kier alpha value is -4.07. The highest BCUT2D eigenvalue weighted by molar-refractivity contribution is 8.14. The van der Waals surface area contributed by atoms with Crippen LogP contribution >= 0.6 is 11.8 Å². The Labute approximate surface area is 291 Å². The number of hydrogen-bond acceptors (Lipinski definition) is 8. The van der Waals surface area contributed by atoms with Crippen LogP contribution in [-0.2, 0) is 9.53 Å². The number of carbonyl (C=O) groups is 1. The molecule has 4 rings (SSSR count). The number of H-pyrrole nitrogens is 1. The van der Waals surface area contributed by atoms with Crippen LogP contribution in [0.3, 0.4) is 0 Å². The second-order valence-electron chi connectivity index (χ2n) is 11.6. The number of terminal acetylenes is 1. The molecule has 48 heavy (non-hydrogen) atoms. The first-order chi connectivity index (χ1) is 23.3. The van der Waals surface area contributed by atoms with E-state index in [1.54, 1.807) is 25.1 Å². The summed E-state index contributed by atoms with van der Waals surface area (Å²) in [5.41, 5.74) is 5.50. The van der Waals surface area contributed by atoms with E-state index < -0.39 is 0 Å². The predicted octanol–water partition coefficient (Wildman–Crippen LogP) is 7.54. The van der Waals surface area contributed by atoms with Crippen LogP contribution in [0.25, 0.3) is 16.5 Å². The van der Waals surface area contributed by atoms with Crippen molar-refractivity contribution in [3.8, 4) is 12.3 Å². The summed E-state index contributed by atoms with van der Waals surface area (Å²) in [6, 6.07) is 6.12. The number of likely N-dealkylation sites (tertiary alicyclic amines) is 1. The molecule has 1 amide bonds. The number of amides is 1. The maximum atomic E-state index is 13.2. The van der Waals surface area contributed by atoms with Crippen molar-refractivity contribution in [1.82, 2.24) is 20.0 Å². The number of hydrogen-bond donors (Lipinski definition) is 2. The van der Waals surface area contributed by atoms with Gasteiger partial charge in [-0.2, -0.15) is 5.10 Å². The standard InChI is InChI=1S/C36H47N7O2S.C2H6/c1-8-15-36(16-21-42(22-17-36)25-33(44)43-19-13-28(14-20-43)35(37-6)46-10-3)27(5)39-29-11-12-31-30(24-29)34(41-40-31)26(4)23-32(45-7)38-18-9-2;1-2/h1,9,11-13,18,23-24,39H,5,10,14-17,19-22,25H2,2-4,6-7H3,(H,40,41);1-2H3/b18-9-,26-23+,37-35?,38-32-;. The largest absolute Gasteiger partial charge is 0.481 e. The minimum atomic E-state index is -0.259. The van der Waals surface area contributed by atoms with Crippen LogP contribution in [-0.4, -0.2) is 89.5 Å². The van der Waals surface area contributed by atoms with Gasteiger partial charge in [0.15, 0.2) is 0 Å². The lowest BCUT2D eigenvalue weighted by atomic mass is 9.73. The number of aromatic amines is 1. The van der Waals surface area contributed by atoms with Crippen molar-refractivity contribution in [3.63, 3.8) is 0 Å². The summed E-state index contributed by atoms with van der Waals surface area (Å²) in [4.78, 5) is 26.2. The second kappa shape index (κ2) is 19.1. The number of benzene rings is 1. The number of nitrogens with one attached hydrogen (secondary N) is 2. The molecule has 1 aromatic heterocycles. The molecule has 2 aromatic rings. The van der Waals surface area contributed by atoms with Gasteiger partial charge in [0, 0.05) is 61.0 Å². The lowest BCUT2D eigenvalue weighted by molar-refractivity contribution is -0.132. The van der Waals surface area contributed by atoms with Crippen LogP contribution in [0.5, 0.6) is 0 Å². The highest BCUT2D eigenvalue weighted by atomic mass is 32.2. The maximum absolute atomic E-state index is 13.2. The van der Waals surface area contributed by atoms with E-state index in [1.807, 2.05) is 63.9 Å². The van der Waals surface area contributed by atoms with E-state index in [0.717, 1.165) is 83.2 Å². The number of anilines is 1. The van der Waals surface area contributed by atoms with Gasteiger partial charge in [-0.05, 0) is 81.3 Å². The Balaban J connectivity index is 0.00000307. The number of carbonyl (C=O) groups excluding carboxylic acids is 1. The predicted molar refractivity (Wildman–Crippen MR) is 205 cm³/mol. The number of nitrogens with zero attached hydrogens (tertiary/aromatic N) is 5. The van der Waals surface area contributed by atoms with Gasteiger partial charge in [0.05, 0.1) is 29.9 Å². The van der Waals surface area contributed by atoms with Crippen LogP contribution in [0.15, 0.2) is 70.5 Å². The quantitative estimate of drug-likeness (QED) is 0.146. The van der Waals surface area contributed by atoms with Crippen molar-refractivity contribution < 1.29 is 9.53 Å². The van der Waals surface area contributed by atoms with Gasteiger partial charge in [-0.1, -0.05) is 39.5 Å². The summed E-state index contributed by atoms with van der Waals surface area (Å²) in [5, 5.41) is 13.3. The molecule has 0 aliphatic carbocycles. The zero-order valence-corrected chi connectivity index (χ0v) is 30.7. The molecule has 0 bridgehead atoms. The molecule has 2 N–H and O–H groups in total. The van der Waals surface area contributed by atoms with Crippen molar-refractivity contribution in [2.45, 2.75) is 60.3 Å². The first-order valence-electron chi connectivity index (χ1n) is 16.9. The fraction of sp³-hybridized carbons (Fsp3) is 0.474. The van der Waals surface area contributed by atoms with Crippen LogP contribution in [0.2, 0.25) is 0 Å². The molecule has 2 aliphatic rings. The molecule has 0 spiro atoms. The van der Waals surface area contributed by atoms with E-state index in [0.29, 0.717) is 25.4 Å². The Bertz CT molecular complexity index is 1600. The molecule has 258 valence electrons. The number of allylic oxidation sites excluding steroid dienone is 3. The highest BCUT2D eigenvalue weighted by Crippen LogP contribution is 2.41. The summed E-state index contributed by atoms with van der Waals surface area (Å²) in [6.45, 7) is 17.9. The molecule has 0 atom stereocenters. The van der Waals surface area contributed by atoms with Crippen LogP contribution in [0.1, 0.15) is 66.0 Å². The molecule has 2 aliphatic heterocycles. The van der Waals surface area contributed by atoms with E-state index in [2.05, 4.69) is 62.0 Å². The zero-order chi connectivity index (χ0) is 35.1. The SMILES string of the molecule is C#CCC1(C(=C)Nc2ccc3[nH]nc(/C(C)=C/C(=N/C=C\C)OC)c3c2)CCN(CC(=O)N2CC=C(C(=NC)SCC)CC2)CC1.CC. The van der Waals surface area contributed by atoms with Crippen molar-refractivity contribution in [2.75, 3.05) is 58.0 Å². The van der Waals surface area contributed by atoms with Gasteiger partial charge >= 0.3 is 0 Å². The molecule has 0 radical (unpaired) electrons. The molecule has 1 fully saturated rings. The van der Waals surface area contributed by atoms with E-state index in [-0.39, 0.29) is 11.3 Å². The third kappa shape index (κ3) is 9.74. The number of aliphatic imine (C=N–C) groups is 2. The monoisotopic (exact) mass is 671 g/mol. The summed E-state index contributed by atoms with van der Waals surface area (Å²) >= 11 is 1.76. The molecule has 0 saturated carbocycles. The van der Waals surface area contributed by atoms with Crippen molar-refractivity contribution >= 4 is 50.8 Å². The zero-order valence-electron chi connectivity index (χ0n) is 29.9. The number of methoxy groups -OCH3 is 1. The number of ether oxygens (including phenoxy) is 1. The fourth-order valence-electron chi connectivity index (χ4n) is 5.99. The van der Waals surface area contributed by atoms with E-state index in [1.165, 1.54) is 5.57 Å². The van der Waals surface area contributed by atoms with Crippen molar-refractivity contribution in [2.24, 2.45) is 15.4 Å². The lowest BCUT2D eigenvalue weighted by Gasteiger charge is -2.42. The van der Waals surface area contributed by atoms with Gasteiger partial charge < -0.3 is 15.0 Å². The Morgan fingerprint density at radius 1 is 1.29 bits per heavy atom. The first-order valence-corrected chi connectivity index (χ1v) is 17.8. The van der Waals surface area contributed by atoms with Gasteiger partial charge in [-0.25, -0.2) is 4.99 Å². The minimum absolute atomic E-state index is 0.175. The highest BCUT2D eigenvalue weighted by Gasteiger charge is 2.37. The van der Waals surface area contributed by atoms with Gasteiger partial charge in [-0.3, -0.25) is 19.8 Å². The molecule has 0 unspecified atom stereocenters. The maximum Gasteiger partial charge on any atom is 0.237 e. The van der Waals surface area contributed by atoms with Gasteiger partial charge in [-0.15, -0.1) is 24.1 Å². The summed E-state index contributed by atoms with van der Waals surface area (Å²) in [5.74, 6) is 4.57. The molecule has 3 heterocycles. The average molecular weight is 672 g/mol. The van der Waals surface area contributed by atoms with Gasteiger partial charge in [0.2, 0.25) is 11.8 Å². The normalized spacial score (nSPS) is 17.4. The van der Waals surface area contributed by atoms with Crippen LogP contribution < -0.4 is 5.32 Å². The lowest BCUT2D eigenvalue weighted by Crippen LogP contribution is -2.47. The first kappa shape index (κ1) is 38.4. The molecular formula is C38H53N7O2S. The number of rotatable bonds is 11. The molecule has 1 aromatic carbocycles. The topological polar surface area (TPSA) is 98.2 Å². The number of fused-ring (bicyclic) bond motifs is 1. The molecular weight excluding hydrogens is 619 g/mol. The molecule has 1 saturated heterocycles. The van der Waals surface area contributed by atoms with E-state index in [9.17, 15) is 4.79 Å². The number of aromatic nitrogens is 2. The Morgan fingerprint density at radius 2 is 2.04 bits per heavy atom. The molecule has 9 nitrogen and oxygen atoms in total. The third-order valence-corrected chi connectivity index (χ3v) is 9.71. The van der Waals surface area contributed by atoms with Gasteiger partial charge in [0.1, 0.15) is 0 Å². The average Bonchev–Trinajstić information content (AvgIpc) is 3.54. The van der Waals surface area contributed by atoms with Crippen LogP contribution in [0.4, 0.5) is 5.69 Å². The molecule has 10 heteroatoms. The number of thioether (sulfide) groups is 1. The van der Waals surface area contributed by atoms with Gasteiger partial charge in [0.25, 0.3) is 0 Å². The second-order valence-corrected chi connectivity index (χ2v) is 12.9. The summed E-state index contributed by atoms with van der Waals surface area (Å²) in [6.07, 6.45) is 16.6. The van der Waals surface area contributed by atoms with Crippen molar-refractivity contribution in [1.29, 1.82) is 0 Å². The van der Waals surface area contributed by atoms with E-state index >= 15 is 0 Å². The van der Waals surface area contributed by atoms with E-state index in [4.69, 9.17) is 11.2 Å². The third-order valence-electron chi connectivity index (χ3n) is 8.70. The van der Waals surface area contributed by atoms with Crippen LogP contribution in [0, 0.1) is 17.8 Å². The minimum Gasteiger partial charge on any atom is -0.481 e. The summed E-state index contributed by atoms with van der Waals surface area (Å²) < 4.78 is 5.41. The number of piperidine rings is 1. The fourth-order valence-corrected chi connectivity index (χ4v) is 6.76.